The highest BCUT2D eigenvalue weighted by Gasteiger charge is 2.31. The predicted molar refractivity (Wildman–Crippen MR) is 47.8 cm³/mol. The standard InChI is InChI=1S/C10H8F3NO/c1-7(15)2-3-8-4-5-9(14-6-8)10(11,12)13/h4-7,15H,1H3. The van der Waals surface area contributed by atoms with Crippen molar-refractivity contribution < 1.29 is 18.3 Å². The minimum absolute atomic E-state index is 0.337. The normalized spacial score (nSPS) is 12.9. The first-order valence-electron chi connectivity index (χ1n) is 4.12. The second kappa shape index (κ2) is 4.32. The Morgan fingerprint density at radius 1 is 1.40 bits per heavy atom. The zero-order chi connectivity index (χ0) is 11.5. The fourth-order valence-corrected chi connectivity index (χ4v) is 0.823. The van der Waals surface area contributed by atoms with Gasteiger partial charge >= 0.3 is 6.18 Å². The van der Waals surface area contributed by atoms with Gasteiger partial charge in [0, 0.05) is 11.8 Å². The average molecular weight is 215 g/mol. The van der Waals surface area contributed by atoms with Crippen LogP contribution in [0.2, 0.25) is 0 Å². The van der Waals surface area contributed by atoms with Crippen molar-refractivity contribution in [3.8, 4) is 11.8 Å². The van der Waals surface area contributed by atoms with E-state index in [1.807, 2.05) is 0 Å². The molecule has 0 bridgehead atoms. The molecule has 1 unspecified atom stereocenters. The number of pyridine rings is 1. The molecule has 1 N–H and O–H groups in total. The van der Waals surface area contributed by atoms with Crippen LogP contribution in [0.15, 0.2) is 18.3 Å². The Hall–Kier alpha value is -1.54. The first kappa shape index (κ1) is 11.5. The summed E-state index contributed by atoms with van der Waals surface area (Å²) >= 11 is 0. The molecule has 1 aromatic rings. The van der Waals surface area contributed by atoms with Gasteiger partial charge in [-0.3, -0.25) is 4.98 Å². The SMILES string of the molecule is CC(O)C#Cc1ccc(C(F)(F)F)nc1. The molecule has 0 saturated carbocycles. The Morgan fingerprint density at radius 3 is 2.47 bits per heavy atom. The van der Waals surface area contributed by atoms with E-state index in [2.05, 4.69) is 16.8 Å². The lowest BCUT2D eigenvalue weighted by Crippen LogP contribution is -2.07. The van der Waals surface area contributed by atoms with Gasteiger partial charge in [0.1, 0.15) is 11.8 Å². The molecule has 0 fully saturated rings. The molecule has 1 aromatic heterocycles. The van der Waals surface area contributed by atoms with Crippen LogP contribution >= 0.6 is 0 Å². The van der Waals surface area contributed by atoms with Gasteiger partial charge in [0.15, 0.2) is 0 Å². The molecule has 0 radical (unpaired) electrons. The van der Waals surface area contributed by atoms with E-state index in [1.54, 1.807) is 0 Å². The molecule has 0 aliphatic rings. The molecule has 1 atom stereocenters. The van der Waals surface area contributed by atoms with Crippen LogP contribution in [-0.4, -0.2) is 16.2 Å². The molecule has 15 heavy (non-hydrogen) atoms. The van der Waals surface area contributed by atoms with Gasteiger partial charge in [-0.2, -0.15) is 13.2 Å². The zero-order valence-corrected chi connectivity index (χ0v) is 7.84. The highest BCUT2D eigenvalue weighted by atomic mass is 19.4. The van der Waals surface area contributed by atoms with Gasteiger partial charge in [0.25, 0.3) is 0 Å². The summed E-state index contributed by atoms with van der Waals surface area (Å²) in [6, 6.07) is 2.07. The molecule has 0 amide bonds. The highest BCUT2D eigenvalue weighted by molar-refractivity contribution is 5.33. The van der Waals surface area contributed by atoms with Gasteiger partial charge in [-0.05, 0) is 19.1 Å². The molecule has 0 saturated heterocycles. The Labute approximate surface area is 84.8 Å². The average Bonchev–Trinajstić information content (AvgIpc) is 2.14. The maximum Gasteiger partial charge on any atom is 0.433 e. The summed E-state index contributed by atoms with van der Waals surface area (Å²) in [4.78, 5) is 3.22. The van der Waals surface area contributed by atoms with Crippen LogP contribution in [0.4, 0.5) is 13.2 Å². The Bertz CT molecular complexity index is 384. The Balaban J connectivity index is 2.88. The highest BCUT2D eigenvalue weighted by Crippen LogP contribution is 2.26. The number of nitrogens with zero attached hydrogens (tertiary/aromatic N) is 1. The lowest BCUT2D eigenvalue weighted by atomic mass is 10.2. The molecular formula is C10H8F3NO. The smallest absolute Gasteiger partial charge is 0.381 e. The molecule has 5 heteroatoms. The number of hydrogen-bond donors (Lipinski definition) is 1. The third-order valence-electron chi connectivity index (χ3n) is 1.48. The van der Waals surface area contributed by atoms with Crippen molar-refractivity contribution in [1.82, 2.24) is 4.98 Å². The second-order valence-electron chi connectivity index (χ2n) is 2.88. The van der Waals surface area contributed by atoms with Crippen molar-refractivity contribution in [2.24, 2.45) is 0 Å². The lowest BCUT2D eigenvalue weighted by molar-refractivity contribution is -0.141. The van der Waals surface area contributed by atoms with Gasteiger partial charge in [-0.1, -0.05) is 11.8 Å². The summed E-state index contributed by atoms with van der Waals surface area (Å²) in [5, 5.41) is 8.82. The predicted octanol–water partition coefficient (Wildman–Crippen LogP) is 1.83. The van der Waals surface area contributed by atoms with Crippen molar-refractivity contribution >= 4 is 0 Å². The topological polar surface area (TPSA) is 33.1 Å². The number of aromatic nitrogens is 1. The molecule has 80 valence electrons. The van der Waals surface area contributed by atoms with Gasteiger partial charge in [-0.25, -0.2) is 0 Å². The van der Waals surface area contributed by atoms with Crippen LogP contribution in [0.25, 0.3) is 0 Å². The van der Waals surface area contributed by atoms with E-state index in [9.17, 15) is 13.2 Å². The van der Waals surface area contributed by atoms with E-state index >= 15 is 0 Å². The molecule has 1 rings (SSSR count). The third kappa shape index (κ3) is 3.60. The summed E-state index contributed by atoms with van der Waals surface area (Å²) in [6.07, 6.45) is -4.22. The van der Waals surface area contributed by atoms with E-state index in [4.69, 9.17) is 5.11 Å². The fourth-order valence-electron chi connectivity index (χ4n) is 0.823. The monoisotopic (exact) mass is 215 g/mol. The molecular weight excluding hydrogens is 207 g/mol. The van der Waals surface area contributed by atoms with Crippen LogP contribution in [-0.2, 0) is 6.18 Å². The molecule has 1 heterocycles. The minimum Gasteiger partial charge on any atom is -0.381 e. The molecule has 0 spiro atoms. The quantitative estimate of drug-likeness (QED) is 0.670. The van der Waals surface area contributed by atoms with Crippen molar-refractivity contribution in [1.29, 1.82) is 0 Å². The maximum atomic E-state index is 12.1. The molecule has 2 nitrogen and oxygen atoms in total. The van der Waals surface area contributed by atoms with Crippen LogP contribution in [0.5, 0.6) is 0 Å². The largest absolute Gasteiger partial charge is 0.433 e. The van der Waals surface area contributed by atoms with Crippen LogP contribution in [0, 0.1) is 11.8 Å². The first-order valence-corrected chi connectivity index (χ1v) is 4.12. The Kier molecular flexibility index (Phi) is 3.32. The van der Waals surface area contributed by atoms with E-state index in [1.165, 1.54) is 13.0 Å². The summed E-state index contributed by atoms with van der Waals surface area (Å²) < 4.78 is 36.3. The van der Waals surface area contributed by atoms with E-state index in [-0.39, 0.29) is 0 Å². The number of alkyl halides is 3. The van der Waals surface area contributed by atoms with E-state index < -0.39 is 18.0 Å². The summed E-state index contributed by atoms with van der Waals surface area (Å²) in [6.45, 7) is 1.46. The molecule has 0 aromatic carbocycles. The molecule has 0 aliphatic heterocycles. The van der Waals surface area contributed by atoms with Crippen molar-refractivity contribution in [3.05, 3.63) is 29.6 Å². The fraction of sp³-hybridized carbons (Fsp3) is 0.300. The lowest BCUT2D eigenvalue weighted by Gasteiger charge is -2.03. The van der Waals surface area contributed by atoms with E-state index in [0.717, 1.165) is 12.3 Å². The number of aliphatic hydroxyl groups is 1. The number of halogens is 3. The van der Waals surface area contributed by atoms with Gasteiger partial charge < -0.3 is 5.11 Å². The van der Waals surface area contributed by atoms with E-state index in [0.29, 0.717) is 5.56 Å². The summed E-state index contributed by atoms with van der Waals surface area (Å²) in [5.74, 6) is 4.90. The van der Waals surface area contributed by atoms with Gasteiger partial charge in [-0.15, -0.1) is 0 Å². The number of hydrogen-bond acceptors (Lipinski definition) is 2. The molecule has 0 aliphatic carbocycles. The van der Waals surface area contributed by atoms with Crippen LogP contribution in [0.1, 0.15) is 18.2 Å². The van der Waals surface area contributed by atoms with Crippen molar-refractivity contribution in [2.45, 2.75) is 19.2 Å². The third-order valence-corrected chi connectivity index (χ3v) is 1.48. The first-order chi connectivity index (χ1) is 6.89. The van der Waals surface area contributed by atoms with Gasteiger partial charge in [0.2, 0.25) is 0 Å². The zero-order valence-electron chi connectivity index (χ0n) is 7.84. The van der Waals surface area contributed by atoms with Crippen LogP contribution in [0.3, 0.4) is 0 Å². The van der Waals surface area contributed by atoms with Crippen LogP contribution < -0.4 is 0 Å². The number of rotatable bonds is 0. The summed E-state index contributed by atoms with van der Waals surface area (Å²) in [7, 11) is 0. The van der Waals surface area contributed by atoms with Crippen molar-refractivity contribution in [3.63, 3.8) is 0 Å². The number of aliphatic hydroxyl groups excluding tert-OH is 1. The Morgan fingerprint density at radius 2 is 2.07 bits per heavy atom. The second-order valence-corrected chi connectivity index (χ2v) is 2.88. The van der Waals surface area contributed by atoms with Crippen molar-refractivity contribution in [2.75, 3.05) is 0 Å². The minimum atomic E-state index is -4.43. The maximum absolute atomic E-state index is 12.1. The summed E-state index contributed by atoms with van der Waals surface area (Å²) in [5.41, 5.74) is -0.617. The van der Waals surface area contributed by atoms with Gasteiger partial charge in [0.05, 0.1) is 0 Å².